The lowest BCUT2D eigenvalue weighted by Crippen LogP contribution is -2.00. The molecule has 0 fully saturated rings. The highest BCUT2D eigenvalue weighted by molar-refractivity contribution is 5.84. The fourth-order valence-electron chi connectivity index (χ4n) is 2.08. The predicted octanol–water partition coefficient (Wildman–Crippen LogP) is 2.81. The zero-order valence-electron chi connectivity index (χ0n) is 10.8. The summed E-state index contributed by atoms with van der Waals surface area (Å²) in [6.45, 7) is 0.633. The van der Waals surface area contributed by atoms with E-state index in [0.29, 0.717) is 23.5 Å². The number of benzene rings is 1. The summed E-state index contributed by atoms with van der Waals surface area (Å²) in [5, 5.41) is 4.47. The lowest BCUT2D eigenvalue weighted by atomic mass is 10.2. The van der Waals surface area contributed by atoms with E-state index in [0.717, 1.165) is 11.8 Å². The molecule has 0 unspecified atom stereocenters. The highest BCUT2D eigenvalue weighted by Gasteiger charge is 2.11. The van der Waals surface area contributed by atoms with Gasteiger partial charge in [-0.2, -0.15) is 5.10 Å². The van der Waals surface area contributed by atoms with E-state index in [9.17, 15) is 4.79 Å². The number of hydrogen-bond acceptors (Lipinski definition) is 3. The summed E-state index contributed by atoms with van der Waals surface area (Å²) in [7, 11) is 0. The standard InChI is InChI=1S/C16H13N3O/c20-12-14-11-19(10-13-6-2-1-3-7-13)18-16(14)15-8-4-5-9-17-15/h1-9,11-12H,10H2. The van der Waals surface area contributed by atoms with E-state index in [1.807, 2.05) is 48.5 Å². The third-order valence-corrected chi connectivity index (χ3v) is 3.01. The van der Waals surface area contributed by atoms with Crippen molar-refractivity contribution in [2.24, 2.45) is 0 Å². The number of aromatic nitrogens is 3. The van der Waals surface area contributed by atoms with E-state index < -0.39 is 0 Å². The molecule has 98 valence electrons. The third kappa shape index (κ3) is 2.49. The average Bonchev–Trinajstić information content (AvgIpc) is 2.92. The van der Waals surface area contributed by atoms with Crippen molar-refractivity contribution < 1.29 is 4.79 Å². The van der Waals surface area contributed by atoms with E-state index in [1.165, 1.54) is 0 Å². The van der Waals surface area contributed by atoms with E-state index in [-0.39, 0.29) is 0 Å². The van der Waals surface area contributed by atoms with Crippen LogP contribution < -0.4 is 0 Å². The molecule has 0 saturated carbocycles. The van der Waals surface area contributed by atoms with Gasteiger partial charge in [0.2, 0.25) is 0 Å². The number of carbonyl (C=O) groups is 1. The van der Waals surface area contributed by atoms with Gasteiger partial charge in [-0.25, -0.2) is 0 Å². The van der Waals surface area contributed by atoms with Gasteiger partial charge < -0.3 is 0 Å². The van der Waals surface area contributed by atoms with Crippen LogP contribution in [0, 0.1) is 0 Å². The summed E-state index contributed by atoms with van der Waals surface area (Å²) in [6.07, 6.45) is 4.27. The number of nitrogens with zero attached hydrogens (tertiary/aromatic N) is 3. The van der Waals surface area contributed by atoms with Crippen LogP contribution in [0.15, 0.2) is 60.9 Å². The smallest absolute Gasteiger partial charge is 0.153 e. The predicted molar refractivity (Wildman–Crippen MR) is 76.4 cm³/mol. The van der Waals surface area contributed by atoms with E-state index in [4.69, 9.17) is 0 Å². The number of pyridine rings is 1. The fourth-order valence-corrected chi connectivity index (χ4v) is 2.08. The lowest BCUT2D eigenvalue weighted by Gasteiger charge is -2.01. The van der Waals surface area contributed by atoms with Crippen LogP contribution in [-0.2, 0) is 6.54 Å². The minimum absolute atomic E-state index is 0.555. The van der Waals surface area contributed by atoms with Crippen LogP contribution in [0.3, 0.4) is 0 Å². The summed E-state index contributed by atoms with van der Waals surface area (Å²) in [5.74, 6) is 0. The molecule has 0 radical (unpaired) electrons. The summed E-state index contributed by atoms with van der Waals surface area (Å²) in [4.78, 5) is 15.4. The van der Waals surface area contributed by atoms with Gasteiger partial charge in [0.05, 0.1) is 17.8 Å². The largest absolute Gasteiger partial charge is 0.298 e. The van der Waals surface area contributed by atoms with Crippen LogP contribution in [0.25, 0.3) is 11.4 Å². The van der Waals surface area contributed by atoms with Crippen molar-refractivity contribution in [2.75, 3.05) is 0 Å². The highest BCUT2D eigenvalue weighted by atomic mass is 16.1. The Bertz CT molecular complexity index is 705. The molecular formula is C16H13N3O. The van der Waals surface area contributed by atoms with E-state index in [2.05, 4.69) is 10.1 Å². The second-order valence-electron chi connectivity index (χ2n) is 4.45. The van der Waals surface area contributed by atoms with Gasteiger partial charge in [0.15, 0.2) is 6.29 Å². The average molecular weight is 263 g/mol. The zero-order chi connectivity index (χ0) is 13.8. The van der Waals surface area contributed by atoms with Gasteiger partial charge in [0, 0.05) is 12.4 Å². The molecule has 1 aromatic carbocycles. The van der Waals surface area contributed by atoms with Crippen LogP contribution in [0.1, 0.15) is 15.9 Å². The van der Waals surface area contributed by atoms with Crippen molar-refractivity contribution in [3.8, 4) is 11.4 Å². The second-order valence-corrected chi connectivity index (χ2v) is 4.45. The molecule has 4 nitrogen and oxygen atoms in total. The first-order chi connectivity index (χ1) is 9.86. The molecule has 0 aliphatic rings. The van der Waals surface area contributed by atoms with Gasteiger partial charge in [0.1, 0.15) is 5.69 Å². The van der Waals surface area contributed by atoms with Gasteiger partial charge >= 0.3 is 0 Å². The number of aldehydes is 1. The summed E-state index contributed by atoms with van der Waals surface area (Å²) >= 11 is 0. The van der Waals surface area contributed by atoms with Crippen LogP contribution in [0.4, 0.5) is 0 Å². The van der Waals surface area contributed by atoms with Crippen LogP contribution >= 0.6 is 0 Å². The van der Waals surface area contributed by atoms with Crippen molar-refractivity contribution in [3.63, 3.8) is 0 Å². The Balaban J connectivity index is 1.95. The van der Waals surface area contributed by atoms with E-state index in [1.54, 1.807) is 17.1 Å². The topological polar surface area (TPSA) is 47.8 Å². The van der Waals surface area contributed by atoms with Crippen LogP contribution in [-0.4, -0.2) is 21.1 Å². The van der Waals surface area contributed by atoms with Crippen molar-refractivity contribution in [3.05, 3.63) is 72.1 Å². The summed E-state index contributed by atoms with van der Waals surface area (Å²) in [6, 6.07) is 15.6. The Morgan fingerprint density at radius 3 is 2.55 bits per heavy atom. The number of carbonyl (C=O) groups excluding carboxylic acids is 1. The molecule has 4 heteroatoms. The van der Waals surface area contributed by atoms with Crippen LogP contribution in [0.5, 0.6) is 0 Å². The summed E-state index contributed by atoms with van der Waals surface area (Å²) in [5.41, 5.74) is 3.03. The molecule has 3 aromatic rings. The lowest BCUT2D eigenvalue weighted by molar-refractivity contribution is 0.112. The molecule has 2 heterocycles. The molecule has 0 N–H and O–H groups in total. The van der Waals surface area contributed by atoms with Gasteiger partial charge in [-0.1, -0.05) is 36.4 Å². The van der Waals surface area contributed by atoms with Gasteiger partial charge in [0.25, 0.3) is 0 Å². The first-order valence-corrected chi connectivity index (χ1v) is 6.35. The minimum Gasteiger partial charge on any atom is -0.298 e. The number of hydrogen-bond donors (Lipinski definition) is 0. The van der Waals surface area contributed by atoms with Crippen molar-refractivity contribution in [2.45, 2.75) is 6.54 Å². The molecule has 3 rings (SSSR count). The highest BCUT2D eigenvalue weighted by Crippen LogP contribution is 2.18. The molecule has 0 atom stereocenters. The maximum Gasteiger partial charge on any atom is 0.153 e. The van der Waals surface area contributed by atoms with Gasteiger partial charge in [-0.05, 0) is 17.7 Å². The molecule has 0 amide bonds. The maximum atomic E-state index is 11.2. The minimum atomic E-state index is 0.555. The molecular weight excluding hydrogens is 250 g/mol. The van der Waals surface area contributed by atoms with Crippen molar-refractivity contribution in [1.82, 2.24) is 14.8 Å². The quantitative estimate of drug-likeness (QED) is 0.680. The monoisotopic (exact) mass is 263 g/mol. The number of rotatable bonds is 4. The molecule has 0 bridgehead atoms. The van der Waals surface area contributed by atoms with Crippen LogP contribution in [0.2, 0.25) is 0 Å². The molecule has 0 aliphatic heterocycles. The molecule has 20 heavy (non-hydrogen) atoms. The molecule has 0 spiro atoms. The van der Waals surface area contributed by atoms with Crippen molar-refractivity contribution in [1.29, 1.82) is 0 Å². The first kappa shape index (κ1) is 12.3. The van der Waals surface area contributed by atoms with Crippen molar-refractivity contribution >= 4 is 6.29 Å². The Kier molecular flexibility index (Phi) is 3.37. The zero-order valence-corrected chi connectivity index (χ0v) is 10.8. The maximum absolute atomic E-state index is 11.2. The Hall–Kier alpha value is -2.75. The molecule has 0 aliphatic carbocycles. The van der Waals surface area contributed by atoms with E-state index >= 15 is 0 Å². The van der Waals surface area contributed by atoms with Gasteiger partial charge in [-0.3, -0.25) is 14.5 Å². The SMILES string of the molecule is O=Cc1cn(Cc2ccccc2)nc1-c1ccccn1. The fraction of sp³-hybridized carbons (Fsp3) is 0.0625. The molecule has 0 saturated heterocycles. The Labute approximate surface area is 116 Å². The first-order valence-electron chi connectivity index (χ1n) is 6.35. The molecule has 2 aromatic heterocycles. The normalized spacial score (nSPS) is 10.4. The summed E-state index contributed by atoms with van der Waals surface area (Å²) < 4.78 is 1.77. The Morgan fingerprint density at radius 1 is 1.05 bits per heavy atom. The second kappa shape index (κ2) is 5.48. The Morgan fingerprint density at radius 2 is 1.85 bits per heavy atom. The van der Waals surface area contributed by atoms with Gasteiger partial charge in [-0.15, -0.1) is 0 Å². The third-order valence-electron chi connectivity index (χ3n) is 3.01.